The lowest BCUT2D eigenvalue weighted by molar-refractivity contribution is 0.386. The molecule has 0 amide bonds. The third kappa shape index (κ3) is 3.16. The van der Waals surface area contributed by atoms with Crippen molar-refractivity contribution < 1.29 is 8.42 Å². The molecule has 15 heavy (non-hydrogen) atoms. The predicted octanol–water partition coefficient (Wildman–Crippen LogP) is 0.846. The Kier molecular flexibility index (Phi) is 4.14. The van der Waals surface area contributed by atoms with E-state index in [4.69, 9.17) is 0 Å². The van der Waals surface area contributed by atoms with E-state index in [1.54, 1.807) is 0 Å². The van der Waals surface area contributed by atoms with Gasteiger partial charge in [-0.2, -0.15) is 0 Å². The third-order valence-electron chi connectivity index (χ3n) is 3.40. The molecular formula is C10H22N2O2S. The first-order chi connectivity index (χ1) is 6.93. The lowest BCUT2D eigenvalue weighted by atomic mass is 9.98. The van der Waals surface area contributed by atoms with Gasteiger partial charge in [0.1, 0.15) is 0 Å². The normalized spacial score (nSPS) is 23.3. The second kappa shape index (κ2) is 4.80. The van der Waals surface area contributed by atoms with Gasteiger partial charge in [0, 0.05) is 12.1 Å². The molecule has 0 spiro atoms. The van der Waals surface area contributed by atoms with Gasteiger partial charge in [-0.3, -0.25) is 0 Å². The molecule has 0 saturated carbocycles. The van der Waals surface area contributed by atoms with Crippen molar-refractivity contribution in [2.24, 2.45) is 0 Å². The van der Waals surface area contributed by atoms with Crippen molar-refractivity contribution in [2.75, 3.05) is 13.1 Å². The van der Waals surface area contributed by atoms with Crippen LogP contribution in [0.3, 0.4) is 0 Å². The number of sulfonamides is 1. The van der Waals surface area contributed by atoms with Gasteiger partial charge in [0.05, 0.1) is 5.25 Å². The molecule has 1 atom stereocenters. The molecule has 1 aliphatic rings. The minimum atomic E-state index is -3.15. The van der Waals surface area contributed by atoms with Crippen molar-refractivity contribution in [1.29, 1.82) is 0 Å². The molecule has 0 aromatic rings. The predicted molar refractivity (Wildman–Crippen MR) is 62.3 cm³/mol. The molecule has 5 heteroatoms. The zero-order valence-electron chi connectivity index (χ0n) is 9.84. The van der Waals surface area contributed by atoms with Gasteiger partial charge < -0.3 is 5.32 Å². The van der Waals surface area contributed by atoms with Crippen molar-refractivity contribution in [3.8, 4) is 0 Å². The molecule has 0 aliphatic carbocycles. The van der Waals surface area contributed by atoms with E-state index in [1.807, 2.05) is 20.8 Å². The minimum Gasteiger partial charge on any atom is -0.315 e. The summed E-state index contributed by atoms with van der Waals surface area (Å²) in [5.74, 6) is 0. The van der Waals surface area contributed by atoms with Gasteiger partial charge in [-0.25, -0.2) is 13.1 Å². The molecule has 1 heterocycles. The number of nitrogens with one attached hydrogen (secondary N) is 2. The van der Waals surface area contributed by atoms with Gasteiger partial charge in [-0.15, -0.1) is 0 Å². The van der Waals surface area contributed by atoms with Gasteiger partial charge in [-0.05, 0) is 32.7 Å². The van der Waals surface area contributed by atoms with Crippen LogP contribution in [0.1, 0.15) is 40.0 Å². The summed E-state index contributed by atoms with van der Waals surface area (Å²) in [7, 11) is -3.15. The second-order valence-corrected chi connectivity index (χ2v) is 6.49. The van der Waals surface area contributed by atoms with Crippen LogP contribution in [0.5, 0.6) is 0 Å². The van der Waals surface area contributed by atoms with E-state index in [0.717, 1.165) is 25.8 Å². The summed E-state index contributed by atoms with van der Waals surface area (Å²) in [5, 5.41) is 2.83. The van der Waals surface area contributed by atoms with Crippen LogP contribution in [-0.2, 0) is 10.0 Å². The Hall–Kier alpha value is -0.130. The van der Waals surface area contributed by atoms with Crippen molar-refractivity contribution >= 4 is 10.0 Å². The highest BCUT2D eigenvalue weighted by Crippen LogP contribution is 2.18. The quantitative estimate of drug-likeness (QED) is 0.741. The first-order valence-corrected chi connectivity index (χ1v) is 7.21. The van der Waals surface area contributed by atoms with Crippen LogP contribution in [0.15, 0.2) is 0 Å². The van der Waals surface area contributed by atoms with E-state index in [2.05, 4.69) is 10.0 Å². The van der Waals surface area contributed by atoms with Gasteiger partial charge >= 0.3 is 0 Å². The molecule has 0 bridgehead atoms. The van der Waals surface area contributed by atoms with Crippen molar-refractivity contribution in [2.45, 2.75) is 50.8 Å². The Balaban J connectivity index is 2.70. The fourth-order valence-electron chi connectivity index (χ4n) is 1.71. The Morgan fingerprint density at radius 3 is 2.40 bits per heavy atom. The lowest BCUT2D eigenvalue weighted by Gasteiger charge is -2.29. The second-order valence-electron chi connectivity index (χ2n) is 4.53. The molecule has 1 saturated heterocycles. The third-order valence-corrected chi connectivity index (χ3v) is 5.46. The molecule has 90 valence electrons. The summed E-state index contributed by atoms with van der Waals surface area (Å²) in [5.41, 5.74) is -0.290. The minimum absolute atomic E-state index is 0.255. The summed E-state index contributed by atoms with van der Waals surface area (Å²) in [4.78, 5) is 0. The van der Waals surface area contributed by atoms with Gasteiger partial charge in [0.15, 0.2) is 0 Å². The molecular weight excluding hydrogens is 212 g/mol. The van der Waals surface area contributed by atoms with Crippen molar-refractivity contribution in [3.05, 3.63) is 0 Å². The maximum atomic E-state index is 12.0. The summed E-state index contributed by atoms with van der Waals surface area (Å²) in [6.45, 7) is 7.38. The molecule has 0 radical (unpaired) electrons. The van der Waals surface area contributed by atoms with Crippen LogP contribution < -0.4 is 10.0 Å². The first kappa shape index (κ1) is 12.9. The molecule has 1 rings (SSSR count). The van der Waals surface area contributed by atoms with Gasteiger partial charge in [0.25, 0.3) is 0 Å². The standard InChI is InChI=1S/C10H22N2O2S/c1-4-10(3,5-2)12-15(13,14)9-6-7-11-8-9/h9,11-12H,4-8H2,1-3H3. The summed E-state index contributed by atoms with van der Waals surface area (Å²) in [6, 6.07) is 0. The average Bonchev–Trinajstić information content (AvgIpc) is 2.70. The molecule has 0 aromatic heterocycles. The van der Waals surface area contributed by atoms with E-state index >= 15 is 0 Å². The van der Waals surface area contributed by atoms with Crippen molar-refractivity contribution in [3.63, 3.8) is 0 Å². The van der Waals surface area contributed by atoms with Gasteiger partial charge in [0.2, 0.25) is 10.0 Å². The van der Waals surface area contributed by atoms with Crippen LogP contribution in [0.25, 0.3) is 0 Å². The zero-order valence-corrected chi connectivity index (χ0v) is 10.7. The highest BCUT2D eigenvalue weighted by molar-refractivity contribution is 7.90. The topological polar surface area (TPSA) is 58.2 Å². The van der Waals surface area contributed by atoms with E-state index < -0.39 is 10.0 Å². The van der Waals surface area contributed by atoms with Crippen LogP contribution in [-0.4, -0.2) is 32.3 Å². The molecule has 1 aliphatic heterocycles. The van der Waals surface area contributed by atoms with Crippen LogP contribution in [0.4, 0.5) is 0 Å². The SMILES string of the molecule is CCC(C)(CC)NS(=O)(=O)C1CCNC1. The van der Waals surface area contributed by atoms with E-state index in [9.17, 15) is 8.42 Å². The van der Waals surface area contributed by atoms with E-state index in [-0.39, 0.29) is 10.8 Å². The molecule has 1 fully saturated rings. The van der Waals surface area contributed by atoms with Crippen LogP contribution >= 0.6 is 0 Å². The Morgan fingerprint density at radius 2 is 2.00 bits per heavy atom. The Labute approximate surface area is 92.9 Å². The van der Waals surface area contributed by atoms with E-state index in [0.29, 0.717) is 6.54 Å². The Bertz CT molecular complexity index is 291. The first-order valence-electron chi connectivity index (χ1n) is 5.67. The van der Waals surface area contributed by atoms with Crippen LogP contribution in [0.2, 0.25) is 0 Å². The maximum absolute atomic E-state index is 12.0. The van der Waals surface area contributed by atoms with Crippen LogP contribution in [0, 0.1) is 0 Å². The molecule has 2 N–H and O–H groups in total. The largest absolute Gasteiger partial charge is 0.315 e. The molecule has 4 nitrogen and oxygen atoms in total. The molecule has 0 aromatic carbocycles. The number of hydrogen-bond acceptors (Lipinski definition) is 3. The van der Waals surface area contributed by atoms with Gasteiger partial charge in [-0.1, -0.05) is 13.8 Å². The Morgan fingerprint density at radius 1 is 1.40 bits per heavy atom. The summed E-state index contributed by atoms with van der Waals surface area (Å²) in [6.07, 6.45) is 2.37. The highest BCUT2D eigenvalue weighted by Gasteiger charge is 2.33. The molecule has 1 unspecified atom stereocenters. The van der Waals surface area contributed by atoms with Crippen molar-refractivity contribution in [1.82, 2.24) is 10.0 Å². The summed E-state index contributed by atoms with van der Waals surface area (Å²) < 4.78 is 26.9. The lowest BCUT2D eigenvalue weighted by Crippen LogP contribution is -2.49. The smallest absolute Gasteiger partial charge is 0.216 e. The van der Waals surface area contributed by atoms with E-state index in [1.165, 1.54) is 0 Å². The fraction of sp³-hybridized carbons (Fsp3) is 1.00. The monoisotopic (exact) mass is 234 g/mol. The highest BCUT2D eigenvalue weighted by atomic mass is 32.2. The number of rotatable bonds is 5. The zero-order chi connectivity index (χ0) is 11.5. The maximum Gasteiger partial charge on any atom is 0.216 e. The number of hydrogen-bond donors (Lipinski definition) is 2. The summed E-state index contributed by atoms with van der Waals surface area (Å²) >= 11 is 0. The fourth-order valence-corrected chi connectivity index (χ4v) is 3.62. The average molecular weight is 234 g/mol.